The average molecular weight is 1050 g/mol. The Morgan fingerprint density at radius 3 is 2.44 bits per heavy atom. The van der Waals surface area contributed by atoms with Crippen LogP contribution in [0.3, 0.4) is 0 Å². The van der Waals surface area contributed by atoms with Gasteiger partial charge in [-0.15, -0.1) is 0 Å². The minimum atomic E-state index is -1.11. The summed E-state index contributed by atoms with van der Waals surface area (Å²) in [5.41, 5.74) is 2.67. The lowest BCUT2D eigenvalue weighted by Gasteiger charge is -2.34. The van der Waals surface area contributed by atoms with Crippen LogP contribution < -0.4 is 30.7 Å². The van der Waals surface area contributed by atoms with Crippen molar-refractivity contribution in [3.8, 4) is 22.8 Å². The fourth-order valence-electron chi connectivity index (χ4n) is 8.78. The number of ketones is 1. The highest BCUT2D eigenvalue weighted by Gasteiger charge is 2.46. The quantitative estimate of drug-likeness (QED) is 0.0176. The molecule has 3 aliphatic heterocycles. The van der Waals surface area contributed by atoms with Crippen LogP contribution in [0.2, 0.25) is 0 Å². The number of fused-ring (bicyclic) bond motifs is 4. The maximum absolute atomic E-state index is 13.3. The van der Waals surface area contributed by atoms with E-state index in [4.69, 9.17) is 19.9 Å². The van der Waals surface area contributed by atoms with E-state index in [1.165, 1.54) is 24.3 Å². The summed E-state index contributed by atoms with van der Waals surface area (Å²) in [7, 11) is 0. The number of aliphatic hydroxyl groups excluding tert-OH is 1. The zero-order valence-electron chi connectivity index (χ0n) is 42.0. The van der Waals surface area contributed by atoms with Crippen molar-refractivity contribution in [3.05, 3.63) is 89.8 Å². The number of piperidine rings is 1. The number of unbranched alkanes of at least 4 members (excludes halogenated alkanes) is 2. The highest BCUT2D eigenvalue weighted by molar-refractivity contribution is 7.23. The lowest BCUT2D eigenvalue weighted by Crippen LogP contribution is -2.54. The second-order valence-corrected chi connectivity index (χ2v) is 20.6. The van der Waals surface area contributed by atoms with Gasteiger partial charge in [0.2, 0.25) is 23.6 Å². The van der Waals surface area contributed by atoms with E-state index >= 15 is 0 Å². The van der Waals surface area contributed by atoms with Crippen molar-refractivity contribution in [1.29, 1.82) is 5.41 Å². The van der Waals surface area contributed by atoms with Gasteiger partial charge in [-0.3, -0.25) is 63.8 Å². The number of aromatic nitrogens is 2. The largest absolute Gasteiger partial charge is 0.512 e. The summed E-state index contributed by atoms with van der Waals surface area (Å²) < 4.78 is 14.9. The zero-order valence-corrected chi connectivity index (χ0v) is 42.8. The standard InChI is InChI=1S/C53H60N10O11S/c1-53(2,3)42(65)29-43(54)58-51(72)56-33-13-11-32(12-14-33)37-30-62-38-16-15-35(28-41(38)75-52(62)57-37)73-27-26-60-22-24-61(25-23-60)46(68)20-19-44(66)55-21-6-4-5-8-34(64)31-74-40-10-7-9-36-47(40)50(71)63(49(36)70)39-17-18-45(67)59-48(39)69/h7,9-16,28-30,39,65H,4-6,8,17-27,31H2,1-3H3,(H,55,66)(H,59,67,69)(H3,54,56,58,72)/b42-29-. The van der Waals surface area contributed by atoms with Crippen molar-refractivity contribution in [2.75, 3.05) is 57.8 Å². The van der Waals surface area contributed by atoms with Gasteiger partial charge in [-0.25, -0.2) is 9.78 Å². The van der Waals surface area contributed by atoms with Gasteiger partial charge in [-0.05, 0) is 61.7 Å². The molecule has 2 fully saturated rings. The van der Waals surface area contributed by atoms with Gasteiger partial charge in [0.15, 0.2) is 10.7 Å². The molecule has 6 N–H and O–H groups in total. The number of hydrogen-bond donors (Lipinski definition) is 6. The Morgan fingerprint density at radius 1 is 0.920 bits per heavy atom. The fraction of sp³-hybridized carbons (Fsp3) is 0.396. The monoisotopic (exact) mass is 1040 g/mol. The lowest BCUT2D eigenvalue weighted by molar-refractivity contribution is -0.136. The summed E-state index contributed by atoms with van der Waals surface area (Å²) in [5, 5.41) is 28.2. The Kier molecular flexibility index (Phi) is 16.7. The van der Waals surface area contributed by atoms with Crippen molar-refractivity contribution in [2.24, 2.45) is 5.41 Å². The Hall–Kier alpha value is -7.98. The van der Waals surface area contributed by atoms with E-state index in [9.17, 15) is 43.5 Å². The molecule has 0 spiro atoms. The summed E-state index contributed by atoms with van der Waals surface area (Å²) in [5.74, 6) is -2.47. The molecule has 0 aliphatic carbocycles. The molecule has 21 nitrogen and oxygen atoms in total. The Labute approximate surface area is 436 Å². The molecular weight excluding hydrogens is 985 g/mol. The molecular formula is C53H60N10O11S. The summed E-state index contributed by atoms with van der Waals surface area (Å²) in [6.07, 6.45) is 5.48. The van der Waals surface area contributed by atoms with Crippen LogP contribution in [0.5, 0.6) is 11.5 Å². The van der Waals surface area contributed by atoms with E-state index in [1.54, 1.807) is 49.1 Å². The number of urea groups is 1. The molecule has 75 heavy (non-hydrogen) atoms. The minimum Gasteiger partial charge on any atom is -0.512 e. The predicted octanol–water partition coefficient (Wildman–Crippen LogP) is 5.83. The van der Waals surface area contributed by atoms with Gasteiger partial charge < -0.3 is 30.1 Å². The summed E-state index contributed by atoms with van der Waals surface area (Å²) in [6.45, 7) is 9.19. The van der Waals surface area contributed by atoms with Crippen LogP contribution >= 0.6 is 11.3 Å². The number of amidine groups is 1. The lowest BCUT2D eigenvalue weighted by atomic mass is 9.93. The van der Waals surface area contributed by atoms with Crippen molar-refractivity contribution >= 4 is 85.3 Å². The highest BCUT2D eigenvalue weighted by atomic mass is 32.1. The normalized spacial score (nSPS) is 16.3. The van der Waals surface area contributed by atoms with Crippen molar-refractivity contribution < 1.29 is 52.9 Å². The third-order valence-electron chi connectivity index (χ3n) is 13.0. The number of rotatable bonds is 20. The third kappa shape index (κ3) is 13.2. The number of imidazole rings is 1. The molecule has 1 atom stereocenters. The molecule has 1 unspecified atom stereocenters. The first-order valence-electron chi connectivity index (χ1n) is 24.9. The molecule has 22 heteroatoms. The Morgan fingerprint density at radius 2 is 1.69 bits per heavy atom. The summed E-state index contributed by atoms with van der Waals surface area (Å²) in [6, 6.07) is 15.9. The van der Waals surface area contributed by atoms with E-state index in [1.807, 2.05) is 40.9 Å². The number of imide groups is 2. The second kappa shape index (κ2) is 23.5. The van der Waals surface area contributed by atoms with Crippen molar-refractivity contribution in [2.45, 2.75) is 78.2 Å². The number of allylic oxidation sites excluding steroid dienone is 1. The van der Waals surface area contributed by atoms with Gasteiger partial charge in [-0.2, -0.15) is 0 Å². The van der Waals surface area contributed by atoms with Crippen LogP contribution in [0.1, 0.15) is 92.9 Å². The molecule has 8 amide bonds. The number of anilines is 1. The number of piperazine rings is 1. The number of amides is 8. The number of carbonyl (C=O) groups excluding carboxylic acids is 8. The SMILES string of the molecule is CC(C)(C)/C(O)=C/C(=N)NC(=O)Nc1ccc(-c2cn3c(n2)sc2cc(OCCN4CCN(C(=O)CCC(=O)NCCCCCC(=O)COc5cccc6c5C(=O)N(C5CCC(=O)NC5=O)C6=O)CC4)ccc23)cc1. The van der Waals surface area contributed by atoms with Crippen molar-refractivity contribution in [1.82, 2.24) is 40.0 Å². The first-order valence-corrected chi connectivity index (χ1v) is 25.7. The molecule has 3 aliphatic rings. The number of carbonyl (C=O) groups is 8. The fourth-order valence-corrected chi connectivity index (χ4v) is 9.81. The molecule has 394 valence electrons. The number of thiazole rings is 1. The van der Waals surface area contributed by atoms with Gasteiger partial charge >= 0.3 is 6.03 Å². The molecule has 0 radical (unpaired) electrons. The van der Waals surface area contributed by atoms with Gasteiger partial charge in [0.05, 0.1) is 27.0 Å². The topological polar surface area (TPSA) is 274 Å². The minimum absolute atomic E-state index is 0.00129. The van der Waals surface area contributed by atoms with Crippen LogP contribution in [0.15, 0.2) is 78.7 Å². The average Bonchev–Trinajstić information content (AvgIpc) is 4.03. The number of Topliss-reactive ketones (excluding diaryl/α,β-unsaturated/α-hetero) is 1. The number of hydrogen-bond acceptors (Lipinski definition) is 15. The van der Waals surface area contributed by atoms with E-state index in [2.05, 4.69) is 26.2 Å². The number of nitrogens with one attached hydrogen (secondary N) is 5. The van der Waals surface area contributed by atoms with E-state index in [0.29, 0.717) is 70.8 Å². The molecule has 0 saturated carbocycles. The maximum Gasteiger partial charge on any atom is 0.324 e. The van der Waals surface area contributed by atoms with Crippen LogP contribution in [-0.2, 0) is 24.0 Å². The van der Waals surface area contributed by atoms with Gasteiger partial charge in [0, 0.05) is 93.9 Å². The number of ether oxygens (including phenoxy) is 2. The van der Waals surface area contributed by atoms with E-state index in [-0.39, 0.29) is 84.8 Å². The van der Waals surface area contributed by atoms with E-state index in [0.717, 1.165) is 37.1 Å². The van der Waals surface area contributed by atoms with Gasteiger partial charge in [0.25, 0.3) is 11.8 Å². The maximum atomic E-state index is 13.3. The first-order chi connectivity index (χ1) is 35.9. The van der Waals surface area contributed by atoms with Crippen molar-refractivity contribution in [3.63, 3.8) is 0 Å². The number of nitrogens with zero attached hydrogens (tertiary/aromatic N) is 5. The smallest absolute Gasteiger partial charge is 0.324 e. The molecule has 2 saturated heterocycles. The zero-order chi connectivity index (χ0) is 53.4. The van der Waals surface area contributed by atoms with E-state index < -0.39 is 41.1 Å². The molecule has 8 rings (SSSR count). The van der Waals surface area contributed by atoms with Crippen LogP contribution in [0, 0.1) is 10.8 Å². The summed E-state index contributed by atoms with van der Waals surface area (Å²) >= 11 is 1.55. The van der Waals surface area contributed by atoms with Crippen LogP contribution in [0.4, 0.5) is 10.5 Å². The third-order valence-corrected chi connectivity index (χ3v) is 14.1. The predicted molar refractivity (Wildman–Crippen MR) is 279 cm³/mol. The highest BCUT2D eigenvalue weighted by Crippen LogP contribution is 2.35. The number of benzene rings is 3. The molecule has 5 aromatic rings. The Bertz CT molecular complexity index is 3080. The second-order valence-electron chi connectivity index (χ2n) is 19.5. The Balaban J connectivity index is 0.672. The number of aliphatic hydroxyl groups is 1. The summed E-state index contributed by atoms with van der Waals surface area (Å²) in [4.78, 5) is 111. The van der Waals surface area contributed by atoms with Gasteiger partial charge in [-0.1, -0.05) is 56.7 Å². The first kappa shape index (κ1) is 53.3. The van der Waals surface area contributed by atoms with Crippen LogP contribution in [0.25, 0.3) is 26.4 Å². The molecule has 5 heterocycles. The molecule has 3 aromatic carbocycles. The van der Waals surface area contributed by atoms with Gasteiger partial charge in [0.1, 0.15) is 42.3 Å². The molecule has 0 bridgehead atoms. The van der Waals surface area contributed by atoms with Crippen LogP contribution in [-0.4, -0.2) is 141 Å². The molecule has 2 aromatic heterocycles.